The number of phenolic OH excluding ortho intramolecular Hbond substituents is 2. The highest BCUT2D eigenvalue weighted by atomic mass is 16.5. The highest BCUT2D eigenvalue weighted by Gasteiger charge is 2.17. The first-order chi connectivity index (χ1) is 14.4. The highest BCUT2D eigenvalue weighted by Crippen LogP contribution is 2.44. The standard InChI is InChI=1S/C25H26O5/c1-16(2)11-12-30-22-10-7-18(14-23(22)28-3)25-21(27)13-19(15-24(25)29-4)17-5-8-20(26)9-6-17/h5-11,13-15,26-27H,12H2,1-4H3. The molecule has 0 fully saturated rings. The molecule has 0 radical (unpaired) electrons. The number of ether oxygens (including phenoxy) is 3. The van der Waals surface area contributed by atoms with Gasteiger partial charge in [0.1, 0.15) is 23.9 Å². The average molecular weight is 406 g/mol. The molecule has 5 nitrogen and oxygen atoms in total. The van der Waals surface area contributed by atoms with Crippen molar-refractivity contribution in [3.05, 3.63) is 66.2 Å². The fourth-order valence-corrected chi connectivity index (χ4v) is 3.11. The van der Waals surface area contributed by atoms with Crippen LogP contribution in [0.25, 0.3) is 22.3 Å². The Bertz CT molecular complexity index is 1050. The lowest BCUT2D eigenvalue weighted by Crippen LogP contribution is -1.98. The summed E-state index contributed by atoms with van der Waals surface area (Å²) in [5, 5.41) is 20.3. The Morgan fingerprint density at radius 2 is 1.40 bits per heavy atom. The van der Waals surface area contributed by atoms with Crippen molar-refractivity contribution in [2.75, 3.05) is 20.8 Å². The second kappa shape index (κ2) is 9.27. The fraction of sp³-hybridized carbons (Fsp3) is 0.200. The van der Waals surface area contributed by atoms with Gasteiger partial charge in [0.15, 0.2) is 11.5 Å². The maximum atomic E-state index is 10.8. The van der Waals surface area contributed by atoms with E-state index in [4.69, 9.17) is 14.2 Å². The van der Waals surface area contributed by atoms with Crippen molar-refractivity contribution < 1.29 is 24.4 Å². The van der Waals surface area contributed by atoms with Crippen LogP contribution in [0.2, 0.25) is 0 Å². The van der Waals surface area contributed by atoms with Crippen LogP contribution in [0, 0.1) is 0 Å². The number of rotatable bonds is 7. The minimum absolute atomic E-state index is 0.0812. The smallest absolute Gasteiger partial charge is 0.161 e. The predicted octanol–water partition coefficient (Wildman–Crippen LogP) is 5.79. The van der Waals surface area contributed by atoms with Crippen molar-refractivity contribution in [1.29, 1.82) is 0 Å². The van der Waals surface area contributed by atoms with Crippen LogP contribution >= 0.6 is 0 Å². The molecule has 0 spiro atoms. The Labute approximate surface area is 176 Å². The molecule has 5 heteroatoms. The van der Waals surface area contributed by atoms with Gasteiger partial charge in [0, 0.05) is 0 Å². The summed E-state index contributed by atoms with van der Waals surface area (Å²) in [6.45, 7) is 4.48. The fourth-order valence-electron chi connectivity index (χ4n) is 3.11. The first-order valence-corrected chi connectivity index (χ1v) is 9.58. The van der Waals surface area contributed by atoms with Crippen LogP contribution in [0.5, 0.6) is 28.7 Å². The topological polar surface area (TPSA) is 68.2 Å². The third-order valence-electron chi connectivity index (χ3n) is 4.68. The average Bonchev–Trinajstić information content (AvgIpc) is 2.73. The van der Waals surface area contributed by atoms with E-state index in [1.807, 2.05) is 44.2 Å². The monoisotopic (exact) mass is 406 g/mol. The number of benzene rings is 3. The van der Waals surface area contributed by atoms with Crippen LogP contribution in [0.4, 0.5) is 0 Å². The zero-order valence-electron chi connectivity index (χ0n) is 17.6. The minimum Gasteiger partial charge on any atom is -0.508 e. The van der Waals surface area contributed by atoms with Crippen LogP contribution in [0.3, 0.4) is 0 Å². The second-order valence-electron chi connectivity index (χ2n) is 7.08. The molecule has 30 heavy (non-hydrogen) atoms. The molecular weight excluding hydrogens is 380 g/mol. The Kier molecular flexibility index (Phi) is 6.52. The Hall–Kier alpha value is -3.60. The van der Waals surface area contributed by atoms with Crippen molar-refractivity contribution in [2.45, 2.75) is 13.8 Å². The molecule has 0 heterocycles. The van der Waals surface area contributed by atoms with Gasteiger partial charge in [-0.1, -0.05) is 23.8 Å². The molecule has 0 aliphatic rings. The van der Waals surface area contributed by atoms with Crippen molar-refractivity contribution in [3.8, 4) is 51.0 Å². The van der Waals surface area contributed by atoms with Gasteiger partial charge in [-0.2, -0.15) is 0 Å². The second-order valence-corrected chi connectivity index (χ2v) is 7.08. The van der Waals surface area contributed by atoms with E-state index in [1.165, 1.54) is 5.57 Å². The molecule has 0 atom stereocenters. The molecule has 3 aromatic rings. The molecule has 0 aromatic heterocycles. The Balaban J connectivity index is 2.00. The lowest BCUT2D eigenvalue weighted by molar-refractivity contribution is 0.326. The van der Waals surface area contributed by atoms with Crippen LogP contribution < -0.4 is 14.2 Å². The molecule has 0 aliphatic carbocycles. The summed E-state index contributed by atoms with van der Waals surface area (Å²) in [5.41, 5.74) is 4.12. The molecule has 0 bridgehead atoms. The normalized spacial score (nSPS) is 10.4. The first kappa shape index (κ1) is 21.1. The lowest BCUT2D eigenvalue weighted by Gasteiger charge is -2.16. The number of phenols is 2. The SMILES string of the molecule is COc1cc(-c2c(O)cc(-c3ccc(O)cc3)cc2OC)ccc1OCC=C(C)C. The minimum atomic E-state index is 0.0812. The van der Waals surface area contributed by atoms with Gasteiger partial charge in [0.05, 0.1) is 19.8 Å². The molecule has 0 saturated carbocycles. The summed E-state index contributed by atoms with van der Waals surface area (Å²) >= 11 is 0. The summed E-state index contributed by atoms with van der Waals surface area (Å²) in [5.74, 6) is 1.98. The third-order valence-corrected chi connectivity index (χ3v) is 4.68. The van der Waals surface area contributed by atoms with Gasteiger partial charge in [-0.05, 0) is 73.0 Å². The van der Waals surface area contributed by atoms with Gasteiger partial charge >= 0.3 is 0 Å². The van der Waals surface area contributed by atoms with Crippen LogP contribution in [-0.2, 0) is 0 Å². The zero-order valence-corrected chi connectivity index (χ0v) is 17.6. The van der Waals surface area contributed by atoms with E-state index < -0.39 is 0 Å². The molecule has 156 valence electrons. The van der Waals surface area contributed by atoms with Crippen molar-refractivity contribution in [1.82, 2.24) is 0 Å². The van der Waals surface area contributed by atoms with Crippen molar-refractivity contribution in [3.63, 3.8) is 0 Å². The van der Waals surface area contributed by atoms with Crippen molar-refractivity contribution >= 4 is 0 Å². The van der Waals surface area contributed by atoms with E-state index in [9.17, 15) is 10.2 Å². The van der Waals surface area contributed by atoms with Crippen LogP contribution in [0.1, 0.15) is 13.8 Å². The van der Waals surface area contributed by atoms with Gasteiger partial charge in [0.25, 0.3) is 0 Å². The van der Waals surface area contributed by atoms with E-state index >= 15 is 0 Å². The maximum Gasteiger partial charge on any atom is 0.161 e. The summed E-state index contributed by atoms with van der Waals surface area (Å²) in [4.78, 5) is 0. The van der Waals surface area contributed by atoms with Crippen LogP contribution in [-0.4, -0.2) is 31.0 Å². The molecule has 0 amide bonds. The van der Waals surface area contributed by atoms with E-state index in [2.05, 4.69) is 0 Å². The molecule has 3 rings (SSSR count). The van der Waals surface area contributed by atoms with E-state index in [1.54, 1.807) is 44.6 Å². The van der Waals surface area contributed by atoms with Gasteiger partial charge in [-0.3, -0.25) is 0 Å². The Morgan fingerprint density at radius 3 is 2.03 bits per heavy atom. The van der Waals surface area contributed by atoms with Gasteiger partial charge in [0.2, 0.25) is 0 Å². The number of hydrogen-bond acceptors (Lipinski definition) is 5. The largest absolute Gasteiger partial charge is 0.508 e. The molecule has 3 aromatic carbocycles. The van der Waals surface area contributed by atoms with E-state index in [0.717, 1.165) is 16.7 Å². The molecule has 2 N–H and O–H groups in total. The van der Waals surface area contributed by atoms with Crippen molar-refractivity contribution in [2.24, 2.45) is 0 Å². The predicted molar refractivity (Wildman–Crippen MR) is 119 cm³/mol. The van der Waals surface area contributed by atoms with E-state index in [0.29, 0.717) is 29.4 Å². The molecular formula is C25H26O5. The van der Waals surface area contributed by atoms with E-state index in [-0.39, 0.29) is 11.5 Å². The van der Waals surface area contributed by atoms with Gasteiger partial charge in [-0.25, -0.2) is 0 Å². The lowest BCUT2D eigenvalue weighted by atomic mass is 9.97. The zero-order chi connectivity index (χ0) is 21.7. The summed E-state index contributed by atoms with van der Waals surface area (Å²) in [6.07, 6.45) is 1.99. The molecule has 0 unspecified atom stereocenters. The molecule has 0 saturated heterocycles. The Morgan fingerprint density at radius 1 is 0.767 bits per heavy atom. The third kappa shape index (κ3) is 4.69. The number of hydrogen-bond donors (Lipinski definition) is 2. The highest BCUT2D eigenvalue weighted by molar-refractivity contribution is 5.83. The maximum absolute atomic E-state index is 10.8. The molecule has 0 aliphatic heterocycles. The number of aromatic hydroxyl groups is 2. The van der Waals surface area contributed by atoms with Crippen LogP contribution in [0.15, 0.2) is 66.2 Å². The summed E-state index contributed by atoms with van der Waals surface area (Å²) in [7, 11) is 3.14. The number of allylic oxidation sites excluding steroid dienone is 1. The van der Waals surface area contributed by atoms with Gasteiger partial charge < -0.3 is 24.4 Å². The number of methoxy groups -OCH3 is 2. The summed E-state index contributed by atoms with van der Waals surface area (Å²) in [6, 6.07) is 15.8. The van der Waals surface area contributed by atoms with Gasteiger partial charge in [-0.15, -0.1) is 0 Å². The quantitative estimate of drug-likeness (QED) is 0.486. The summed E-state index contributed by atoms with van der Waals surface area (Å²) < 4.78 is 16.9. The first-order valence-electron chi connectivity index (χ1n) is 9.58.